The van der Waals surface area contributed by atoms with Gasteiger partial charge in [-0.25, -0.2) is 8.78 Å². The number of aromatic nitrogens is 2. The summed E-state index contributed by atoms with van der Waals surface area (Å²) in [6.07, 6.45) is 4.76. The molecule has 1 aliphatic rings. The molecule has 6 heteroatoms. The van der Waals surface area contributed by atoms with Crippen LogP contribution >= 0.6 is 0 Å². The first-order chi connectivity index (χ1) is 11.1. The number of β-amino-alcohol motifs (C(OH)–C–C–N with tert-alkyl or cyclic N) is 1. The van der Waals surface area contributed by atoms with E-state index in [2.05, 4.69) is 10.00 Å². The van der Waals surface area contributed by atoms with E-state index in [1.807, 2.05) is 16.9 Å². The third-order valence-corrected chi connectivity index (χ3v) is 4.46. The Morgan fingerprint density at radius 1 is 1.26 bits per heavy atom. The fraction of sp³-hybridized carbons (Fsp3) is 0.471. The van der Waals surface area contributed by atoms with Gasteiger partial charge in [0.15, 0.2) is 0 Å². The number of rotatable bonds is 5. The predicted molar refractivity (Wildman–Crippen MR) is 82.7 cm³/mol. The smallest absolute Gasteiger partial charge is 0.129 e. The lowest BCUT2D eigenvalue weighted by Gasteiger charge is -2.33. The second kappa shape index (κ2) is 7.19. The van der Waals surface area contributed by atoms with Crippen molar-refractivity contribution in [2.75, 3.05) is 19.6 Å². The lowest BCUT2D eigenvalue weighted by atomic mass is 9.96. The molecular weight excluding hydrogens is 300 g/mol. The average molecular weight is 321 g/mol. The Bertz CT molecular complexity index is 625. The fourth-order valence-corrected chi connectivity index (χ4v) is 3.14. The summed E-state index contributed by atoms with van der Waals surface area (Å²) in [7, 11) is 0. The van der Waals surface area contributed by atoms with Gasteiger partial charge < -0.3 is 10.0 Å². The van der Waals surface area contributed by atoms with Crippen LogP contribution in [0.5, 0.6) is 0 Å². The highest BCUT2D eigenvalue weighted by Gasteiger charge is 2.23. The molecule has 1 saturated heterocycles. The van der Waals surface area contributed by atoms with Gasteiger partial charge in [0, 0.05) is 31.0 Å². The minimum absolute atomic E-state index is 0.0312. The monoisotopic (exact) mass is 321 g/mol. The number of likely N-dealkylation sites (tertiary alicyclic amines) is 1. The SMILES string of the molecule is OC(CN1CCC(Cn2cccn2)CC1)c1cc(F)ccc1F. The summed E-state index contributed by atoms with van der Waals surface area (Å²) in [6.45, 7) is 2.93. The molecule has 0 amide bonds. The van der Waals surface area contributed by atoms with Gasteiger partial charge in [0.2, 0.25) is 0 Å². The standard InChI is InChI=1S/C17H21F2N3O/c18-14-2-3-16(19)15(10-14)17(23)12-21-8-4-13(5-9-21)11-22-7-1-6-20-22/h1-3,6-7,10,13,17,23H,4-5,8-9,11-12H2. The predicted octanol–water partition coefficient (Wildman–Crippen LogP) is 2.61. The molecule has 1 aliphatic heterocycles. The molecule has 0 radical (unpaired) electrons. The van der Waals surface area contributed by atoms with E-state index in [-0.39, 0.29) is 5.56 Å². The largest absolute Gasteiger partial charge is 0.387 e. The molecule has 0 aliphatic carbocycles. The molecule has 1 atom stereocenters. The van der Waals surface area contributed by atoms with Crippen molar-refractivity contribution in [3.63, 3.8) is 0 Å². The van der Waals surface area contributed by atoms with Gasteiger partial charge in [-0.2, -0.15) is 5.10 Å². The summed E-state index contributed by atoms with van der Waals surface area (Å²) in [5.74, 6) is -0.528. The van der Waals surface area contributed by atoms with Crippen LogP contribution in [0.2, 0.25) is 0 Å². The zero-order valence-electron chi connectivity index (χ0n) is 12.9. The number of aliphatic hydroxyl groups excluding tert-OH is 1. The van der Waals surface area contributed by atoms with Crippen molar-refractivity contribution in [2.45, 2.75) is 25.5 Å². The van der Waals surface area contributed by atoms with Crippen molar-refractivity contribution in [3.05, 3.63) is 53.9 Å². The van der Waals surface area contributed by atoms with Crippen molar-refractivity contribution >= 4 is 0 Å². The van der Waals surface area contributed by atoms with Gasteiger partial charge in [0.1, 0.15) is 11.6 Å². The van der Waals surface area contributed by atoms with Gasteiger partial charge in [0.05, 0.1) is 6.10 Å². The maximum atomic E-state index is 13.7. The van der Waals surface area contributed by atoms with Crippen LogP contribution in [-0.2, 0) is 6.54 Å². The van der Waals surface area contributed by atoms with Crippen LogP contribution in [0.1, 0.15) is 24.5 Å². The molecule has 1 N–H and O–H groups in total. The maximum Gasteiger partial charge on any atom is 0.129 e. The second-order valence-corrected chi connectivity index (χ2v) is 6.15. The van der Waals surface area contributed by atoms with E-state index in [9.17, 15) is 13.9 Å². The molecule has 2 aromatic rings. The van der Waals surface area contributed by atoms with Crippen molar-refractivity contribution in [1.82, 2.24) is 14.7 Å². The van der Waals surface area contributed by atoms with Crippen molar-refractivity contribution < 1.29 is 13.9 Å². The molecule has 4 nitrogen and oxygen atoms in total. The quantitative estimate of drug-likeness (QED) is 0.920. The Hall–Kier alpha value is -1.79. The summed E-state index contributed by atoms with van der Waals surface area (Å²) < 4.78 is 28.9. The highest BCUT2D eigenvalue weighted by molar-refractivity contribution is 5.21. The van der Waals surface area contributed by atoms with Gasteiger partial charge in [0.25, 0.3) is 0 Å². The van der Waals surface area contributed by atoms with E-state index in [1.54, 1.807) is 6.20 Å². The summed E-state index contributed by atoms with van der Waals surface area (Å²) in [5, 5.41) is 14.4. The Morgan fingerprint density at radius 2 is 2.04 bits per heavy atom. The van der Waals surface area contributed by atoms with Crippen LogP contribution in [0.15, 0.2) is 36.7 Å². The summed E-state index contributed by atoms with van der Waals surface area (Å²) >= 11 is 0. The van der Waals surface area contributed by atoms with Gasteiger partial charge in [-0.05, 0) is 56.1 Å². The number of aliphatic hydroxyl groups is 1. The topological polar surface area (TPSA) is 41.3 Å². The number of hydrogen-bond donors (Lipinski definition) is 1. The third-order valence-electron chi connectivity index (χ3n) is 4.46. The fourth-order valence-electron chi connectivity index (χ4n) is 3.14. The minimum Gasteiger partial charge on any atom is -0.387 e. The number of piperidine rings is 1. The Labute approximate surface area is 134 Å². The molecule has 1 aromatic heterocycles. The van der Waals surface area contributed by atoms with Crippen LogP contribution in [0.3, 0.4) is 0 Å². The molecule has 124 valence electrons. The molecule has 1 aromatic carbocycles. The van der Waals surface area contributed by atoms with Gasteiger partial charge in [-0.3, -0.25) is 4.68 Å². The molecule has 3 rings (SSSR count). The first kappa shape index (κ1) is 16.1. The molecule has 1 unspecified atom stereocenters. The zero-order valence-corrected chi connectivity index (χ0v) is 12.9. The number of halogens is 2. The van der Waals surface area contributed by atoms with E-state index < -0.39 is 17.7 Å². The lowest BCUT2D eigenvalue weighted by molar-refractivity contribution is 0.0837. The van der Waals surface area contributed by atoms with E-state index in [0.29, 0.717) is 12.5 Å². The highest BCUT2D eigenvalue weighted by Crippen LogP contribution is 2.23. The van der Waals surface area contributed by atoms with Crippen molar-refractivity contribution in [3.8, 4) is 0 Å². The molecular formula is C17H21F2N3O. The van der Waals surface area contributed by atoms with E-state index in [0.717, 1.165) is 50.7 Å². The zero-order chi connectivity index (χ0) is 16.2. The van der Waals surface area contributed by atoms with E-state index >= 15 is 0 Å². The van der Waals surface area contributed by atoms with Crippen LogP contribution in [0, 0.1) is 17.6 Å². The van der Waals surface area contributed by atoms with E-state index in [4.69, 9.17) is 0 Å². The average Bonchev–Trinajstić information content (AvgIpc) is 3.04. The first-order valence-electron chi connectivity index (χ1n) is 7.94. The van der Waals surface area contributed by atoms with Crippen molar-refractivity contribution in [1.29, 1.82) is 0 Å². The molecule has 2 heterocycles. The van der Waals surface area contributed by atoms with Gasteiger partial charge in [-0.15, -0.1) is 0 Å². The molecule has 0 saturated carbocycles. The summed E-state index contributed by atoms with van der Waals surface area (Å²) in [5.41, 5.74) is 0.0312. The van der Waals surface area contributed by atoms with Crippen LogP contribution in [0.4, 0.5) is 8.78 Å². The summed E-state index contributed by atoms with van der Waals surface area (Å²) in [4.78, 5) is 2.11. The Kier molecular flexibility index (Phi) is 5.03. The van der Waals surface area contributed by atoms with Gasteiger partial charge in [-0.1, -0.05) is 0 Å². The van der Waals surface area contributed by atoms with E-state index in [1.165, 1.54) is 0 Å². The van der Waals surface area contributed by atoms with Crippen LogP contribution in [0.25, 0.3) is 0 Å². The highest BCUT2D eigenvalue weighted by atomic mass is 19.1. The molecule has 1 fully saturated rings. The Balaban J connectivity index is 1.51. The van der Waals surface area contributed by atoms with Gasteiger partial charge >= 0.3 is 0 Å². The summed E-state index contributed by atoms with van der Waals surface area (Å²) in [6, 6.07) is 5.11. The van der Waals surface area contributed by atoms with Crippen molar-refractivity contribution in [2.24, 2.45) is 5.92 Å². The van der Waals surface area contributed by atoms with Crippen LogP contribution in [-0.4, -0.2) is 39.4 Å². The normalized spacial score (nSPS) is 18.2. The minimum atomic E-state index is -1.01. The second-order valence-electron chi connectivity index (χ2n) is 6.15. The Morgan fingerprint density at radius 3 is 2.74 bits per heavy atom. The number of nitrogens with zero attached hydrogens (tertiary/aromatic N) is 3. The lowest BCUT2D eigenvalue weighted by Crippen LogP contribution is -2.37. The molecule has 23 heavy (non-hydrogen) atoms. The first-order valence-corrected chi connectivity index (χ1v) is 7.94. The molecule has 0 bridgehead atoms. The number of benzene rings is 1. The third kappa shape index (κ3) is 4.14. The maximum absolute atomic E-state index is 13.7. The molecule has 0 spiro atoms. The van der Waals surface area contributed by atoms with Crippen LogP contribution < -0.4 is 0 Å². The number of hydrogen-bond acceptors (Lipinski definition) is 3.